The number of benzene rings is 1. The van der Waals surface area contributed by atoms with E-state index in [9.17, 15) is 9.90 Å². The number of nitrogens with two attached hydrogens (primary N) is 1. The second-order valence-corrected chi connectivity index (χ2v) is 5.94. The second kappa shape index (κ2) is 7.57. The van der Waals surface area contributed by atoms with Crippen molar-refractivity contribution in [3.63, 3.8) is 0 Å². The molecule has 4 nitrogen and oxygen atoms in total. The Kier molecular flexibility index (Phi) is 5.76. The lowest BCUT2D eigenvalue weighted by molar-refractivity contribution is -0.136. The van der Waals surface area contributed by atoms with Gasteiger partial charge in [-0.3, -0.25) is 4.79 Å². The summed E-state index contributed by atoms with van der Waals surface area (Å²) in [5, 5.41) is 9.27. The Bertz CT molecular complexity index is 452. The van der Waals surface area contributed by atoms with Crippen LogP contribution in [0, 0.1) is 6.92 Å². The van der Waals surface area contributed by atoms with Gasteiger partial charge in [-0.1, -0.05) is 49.1 Å². The highest BCUT2D eigenvalue weighted by Gasteiger charge is 2.29. The van der Waals surface area contributed by atoms with Crippen molar-refractivity contribution < 1.29 is 9.90 Å². The number of carbonyl (C=O) groups is 1. The summed E-state index contributed by atoms with van der Waals surface area (Å²) in [6.45, 7) is 2.38. The normalized spacial score (nSPS) is 17.5. The maximum absolute atomic E-state index is 12.7. The zero-order valence-electron chi connectivity index (χ0n) is 12.8. The fourth-order valence-corrected chi connectivity index (χ4v) is 3.07. The van der Waals surface area contributed by atoms with Gasteiger partial charge in [0.1, 0.15) is 6.04 Å². The minimum Gasteiger partial charge on any atom is -0.395 e. The molecule has 1 amide bonds. The van der Waals surface area contributed by atoms with Crippen LogP contribution in [0.5, 0.6) is 0 Å². The van der Waals surface area contributed by atoms with E-state index in [1.54, 1.807) is 4.90 Å². The molecule has 1 aromatic rings. The molecule has 0 radical (unpaired) electrons. The van der Waals surface area contributed by atoms with Gasteiger partial charge in [0.2, 0.25) is 5.91 Å². The zero-order chi connectivity index (χ0) is 15.2. The summed E-state index contributed by atoms with van der Waals surface area (Å²) in [4.78, 5) is 14.5. The van der Waals surface area contributed by atoms with E-state index in [0.29, 0.717) is 6.54 Å². The average molecular weight is 290 g/mol. The fraction of sp³-hybridized carbons (Fsp3) is 0.588. The number of aliphatic hydroxyl groups is 1. The van der Waals surface area contributed by atoms with E-state index in [2.05, 4.69) is 0 Å². The van der Waals surface area contributed by atoms with Crippen LogP contribution < -0.4 is 5.73 Å². The smallest absolute Gasteiger partial charge is 0.244 e. The number of hydrogen-bond donors (Lipinski definition) is 2. The molecule has 1 aliphatic carbocycles. The van der Waals surface area contributed by atoms with Gasteiger partial charge in [0.05, 0.1) is 6.61 Å². The Morgan fingerprint density at radius 2 is 1.90 bits per heavy atom. The summed E-state index contributed by atoms with van der Waals surface area (Å²) in [7, 11) is 0. The first kappa shape index (κ1) is 16.0. The molecule has 0 bridgehead atoms. The van der Waals surface area contributed by atoms with Crippen LogP contribution in [-0.2, 0) is 4.79 Å². The summed E-state index contributed by atoms with van der Waals surface area (Å²) < 4.78 is 0. The third-order valence-corrected chi connectivity index (χ3v) is 4.34. The maximum atomic E-state index is 12.7. The first-order valence-corrected chi connectivity index (χ1v) is 7.87. The quantitative estimate of drug-likeness (QED) is 0.873. The van der Waals surface area contributed by atoms with Crippen molar-refractivity contribution in [2.24, 2.45) is 5.73 Å². The molecule has 1 aromatic carbocycles. The molecule has 1 unspecified atom stereocenters. The third kappa shape index (κ3) is 4.05. The number of amides is 1. The standard InChI is InChI=1S/C17H26N2O2/c1-13-7-9-14(10-8-13)16(18)17(21)19(11-12-20)15-5-3-2-4-6-15/h7-10,15-16,20H,2-6,11-12,18H2,1H3. The first-order valence-electron chi connectivity index (χ1n) is 7.87. The van der Waals surface area contributed by atoms with E-state index in [1.807, 2.05) is 31.2 Å². The molecule has 1 fully saturated rings. The Morgan fingerprint density at radius 1 is 1.29 bits per heavy atom. The van der Waals surface area contributed by atoms with Crippen LogP contribution in [0.4, 0.5) is 0 Å². The Labute approximate surface area is 126 Å². The molecule has 0 saturated heterocycles. The minimum absolute atomic E-state index is 0.0111. The average Bonchev–Trinajstić information content (AvgIpc) is 2.53. The van der Waals surface area contributed by atoms with Crippen molar-refractivity contribution in [3.8, 4) is 0 Å². The predicted molar refractivity (Wildman–Crippen MR) is 83.8 cm³/mol. The Morgan fingerprint density at radius 3 is 2.48 bits per heavy atom. The molecule has 1 atom stereocenters. The summed E-state index contributed by atoms with van der Waals surface area (Å²) in [6, 6.07) is 7.36. The molecule has 0 aromatic heterocycles. The van der Waals surface area contributed by atoms with Crippen molar-refractivity contribution in [1.29, 1.82) is 0 Å². The molecular weight excluding hydrogens is 264 g/mol. The molecule has 0 spiro atoms. The fourth-order valence-electron chi connectivity index (χ4n) is 3.07. The van der Waals surface area contributed by atoms with Gasteiger partial charge in [-0.15, -0.1) is 0 Å². The van der Waals surface area contributed by atoms with Crippen molar-refractivity contribution in [1.82, 2.24) is 4.90 Å². The SMILES string of the molecule is Cc1ccc(C(N)C(=O)N(CCO)C2CCCCC2)cc1. The molecule has 1 aliphatic rings. The van der Waals surface area contributed by atoms with Gasteiger partial charge in [0.25, 0.3) is 0 Å². The lowest BCUT2D eigenvalue weighted by Crippen LogP contribution is -2.47. The molecule has 0 heterocycles. The van der Waals surface area contributed by atoms with E-state index in [1.165, 1.54) is 6.42 Å². The van der Waals surface area contributed by atoms with Gasteiger partial charge in [-0.05, 0) is 25.3 Å². The Balaban J connectivity index is 2.10. The van der Waals surface area contributed by atoms with Crippen LogP contribution in [-0.4, -0.2) is 35.1 Å². The van der Waals surface area contributed by atoms with E-state index < -0.39 is 6.04 Å². The minimum atomic E-state index is -0.640. The van der Waals surface area contributed by atoms with Crippen molar-refractivity contribution in [2.45, 2.75) is 51.1 Å². The second-order valence-electron chi connectivity index (χ2n) is 5.94. The van der Waals surface area contributed by atoms with Crippen molar-refractivity contribution in [3.05, 3.63) is 35.4 Å². The Hall–Kier alpha value is -1.39. The first-order chi connectivity index (χ1) is 10.1. The third-order valence-electron chi connectivity index (χ3n) is 4.34. The zero-order valence-corrected chi connectivity index (χ0v) is 12.8. The maximum Gasteiger partial charge on any atom is 0.244 e. The highest BCUT2D eigenvalue weighted by Crippen LogP contribution is 2.25. The van der Waals surface area contributed by atoms with Crippen LogP contribution in [0.15, 0.2) is 24.3 Å². The van der Waals surface area contributed by atoms with Gasteiger partial charge in [0.15, 0.2) is 0 Å². The molecule has 4 heteroatoms. The predicted octanol–water partition coefficient (Wildman–Crippen LogP) is 2.15. The van der Waals surface area contributed by atoms with E-state index in [0.717, 1.165) is 36.8 Å². The molecule has 1 saturated carbocycles. The summed E-state index contributed by atoms with van der Waals surface area (Å²) in [6.07, 6.45) is 5.58. The van der Waals surface area contributed by atoms with Gasteiger partial charge in [-0.2, -0.15) is 0 Å². The van der Waals surface area contributed by atoms with Gasteiger partial charge >= 0.3 is 0 Å². The number of aliphatic hydroxyl groups excluding tert-OH is 1. The lowest BCUT2D eigenvalue weighted by Gasteiger charge is -2.35. The van der Waals surface area contributed by atoms with Crippen molar-refractivity contribution >= 4 is 5.91 Å². The molecule has 3 N–H and O–H groups in total. The van der Waals surface area contributed by atoms with Crippen LogP contribution in [0.1, 0.15) is 49.3 Å². The summed E-state index contributed by atoms with van der Waals surface area (Å²) in [5.41, 5.74) is 8.14. The highest BCUT2D eigenvalue weighted by molar-refractivity contribution is 5.83. The molecule has 116 valence electrons. The number of hydrogen-bond acceptors (Lipinski definition) is 3. The summed E-state index contributed by atoms with van der Waals surface area (Å²) >= 11 is 0. The highest BCUT2D eigenvalue weighted by atomic mass is 16.3. The van der Waals surface area contributed by atoms with Crippen LogP contribution >= 0.6 is 0 Å². The monoisotopic (exact) mass is 290 g/mol. The largest absolute Gasteiger partial charge is 0.395 e. The van der Waals surface area contributed by atoms with Crippen molar-refractivity contribution in [2.75, 3.05) is 13.2 Å². The van der Waals surface area contributed by atoms with E-state index in [-0.39, 0.29) is 18.6 Å². The van der Waals surface area contributed by atoms with E-state index >= 15 is 0 Å². The van der Waals surface area contributed by atoms with Crippen LogP contribution in [0.3, 0.4) is 0 Å². The van der Waals surface area contributed by atoms with Gasteiger partial charge in [-0.25, -0.2) is 0 Å². The van der Waals surface area contributed by atoms with Crippen LogP contribution in [0.2, 0.25) is 0 Å². The number of carbonyl (C=O) groups excluding carboxylic acids is 1. The van der Waals surface area contributed by atoms with Crippen LogP contribution in [0.25, 0.3) is 0 Å². The van der Waals surface area contributed by atoms with E-state index in [4.69, 9.17) is 5.73 Å². The number of aryl methyl sites for hydroxylation is 1. The molecule has 0 aliphatic heterocycles. The molecule has 2 rings (SSSR count). The number of rotatable bonds is 5. The lowest BCUT2D eigenvalue weighted by atomic mass is 9.93. The molecule has 21 heavy (non-hydrogen) atoms. The topological polar surface area (TPSA) is 66.6 Å². The van der Waals surface area contributed by atoms with Gasteiger partial charge < -0.3 is 15.7 Å². The van der Waals surface area contributed by atoms with Gasteiger partial charge in [0, 0.05) is 12.6 Å². The number of nitrogens with zero attached hydrogens (tertiary/aromatic N) is 1. The molecular formula is C17H26N2O2. The summed E-state index contributed by atoms with van der Waals surface area (Å²) in [5.74, 6) is -0.0696.